The normalized spacial score (nSPS) is 10.6. The first kappa shape index (κ1) is 24.6. The van der Waals surface area contributed by atoms with Gasteiger partial charge in [-0.2, -0.15) is 0 Å². The van der Waals surface area contributed by atoms with E-state index in [1.54, 1.807) is 26.0 Å². The van der Waals surface area contributed by atoms with Crippen molar-refractivity contribution in [1.29, 1.82) is 0 Å². The molecule has 4 rings (SSSR count). The second-order valence-corrected chi connectivity index (χ2v) is 8.09. The minimum atomic E-state index is -0.754. The molecule has 0 amide bonds. The quantitative estimate of drug-likeness (QED) is 0.250. The Bertz CT molecular complexity index is 1410. The van der Waals surface area contributed by atoms with Crippen LogP contribution in [0, 0.1) is 6.92 Å². The number of benzene rings is 3. The van der Waals surface area contributed by atoms with Crippen LogP contribution in [0.5, 0.6) is 5.75 Å². The number of nitrogens with zero attached hydrogens (tertiary/aromatic N) is 2. The van der Waals surface area contributed by atoms with Gasteiger partial charge in [0.25, 0.3) is 5.56 Å². The number of aromatic nitrogens is 2. The van der Waals surface area contributed by atoms with Gasteiger partial charge in [0.15, 0.2) is 11.5 Å². The van der Waals surface area contributed by atoms with Crippen LogP contribution in [-0.2, 0) is 17.9 Å². The zero-order valence-corrected chi connectivity index (χ0v) is 20.1. The Kier molecular flexibility index (Phi) is 7.70. The van der Waals surface area contributed by atoms with Crippen LogP contribution in [0.15, 0.2) is 89.7 Å². The number of carbonyl (C=O) groups excluding carboxylic acids is 2. The average Bonchev–Trinajstić information content (AvgIpc) is 2.91. The Hall–Kier alpha value is -4.52. The van der Waals surface area contributed by atoms with Crippen LogP contribution in [0.3, 0.4) is 0 Å². The highest BCUT2D eigenvalue weighted by molar-refractivity contribution is 5.96. The Morgan fingerprint density at radius 1 is 0.861 bits per heavy atom. The Balaban J connectivity index is 1.62. The number of hydrogen-bond acceptors (Lipinski definition) is 6. The second-order valence-electron chi connectivity index (χ2n) is 8.09. The fourth-order valence-corrected chi connectivity index (χ4v) is 3.74. The van der Waals surface area contributed by atoms with Gasteiger partial charge in [-0.3, -0.25) is 14.2 Å². The van der Waals surface area contributed by atoms with Gasteiger partial charge >= 0.3 is 5.97 Å². The summed E-state index contributed by atoms with van der Waals surface area (Å²) in [5.41, 5.74) is 2.48. The Morgan fingerprint density at radius 2 is 1.47 bits per heavy atom. The fraction of sp³-hybridized carbons (Fsp3) is 0.172. The number of Topliss-reactive ketones (excluding diaryl/α,β-unsaturated/α-hetero) is 1. The molecule has 0 atom stereocenters. The first-order valence-electron chi connectivity index (χ1n) is 11.6. The molecular weight excluding hydrogens is 456 g/mol. The number of carbonyl (C=O) groups is 2. The molecule has 182 valence electrons. The lowest BCUT2D eigenvalue weighted by atomic mass is 10.0. The molecule has 0 radical (unpaired) electrons. The second kappa shape index (κ2) is 11.3. The summed E-state index contributed by atoms with van der Waals surface area (Å²) in [5, 5.41) is 0. The van der Waals surface area contributed by atoms with Crippen molar-refractivity contribution in [2.24, 2.45) is 0 Å². The molecule has 0 aliphatic rings. The van der Waals surface area contributed by atoms with Crippen molar-refractivity contribution in [3.63, 3.8) is 0 Å². The number of esters is 1. The van der Waals surface area contributed by atoms with Crippen LogP contribution < -0.4 is 10.3 Å². The highest BCUT2D eigenvalue weighted by Gasteiger charge is 2.24. The van der Waals surface area contributed by atoms with Crippen LogP contribution in [0.4, 0.5) is 0 Å². The lowest BCUT2D eigenvalue weighted by Gasteiger charge is -2.15. The molecule has 7 heteroatoms. The third-order valence-corrected chi connectivity index (χ3v) is 5.63. The molecule has 0 fully saturated rings. The van der Waals surface area contributed by atoms with Gasteiger partial charge in [-0.15, -0.1) is 0 Å². The van der Waals surface area contributed by atoms with E-state index in [0.717, 1.165) is 16.7 Å². The van der Waals surface area contributed by atoms with Crippen molar-refractivity contribution in [3.05, 3.63) is 118 Å². The first-order valence-corrected chi connectivity index (χ1v) is 11.6. The smallest absolute Gasteiger partial charge is 0.361 e. The van der Waals surface area contributed by atoms with Crippen LogP contribution >= 0.6 is 0 Å². The molecule has 0 bridgehead atoms. The van der Waals surface area contributed by atoms with Gasteiger partial charge in [-0.1, -0.05) is 84.9 Å². The van der Waals surface area contributed by atoms with Crippen molar-refractivity contribution in [2.45, 2.75) is 27.0 Å². The Morgan fingerprint density at radius 3 is 2.11 bits per heavy atom. The van der Waals surface area contributed by atoms with E-state index in [2.05, 4.69) is 4.98 Å². The molecule has 0 unspecified atom stereocenters. The van der Waals surface area contributed by atoms with Gasteiger partial charge in [0.1, 0.15) is 12.4 Å². The highest BCUT2D eigenvalue weighted by atomic mass is 16.5. The first-order chi connectivity index (χ1) is 17.5. The summed E-state index contributed by atoms with van der Waals surface area (Å²) >= 11 is 0. The third kappa shape index (κ3) is 5.58. The van der Waals surface area contributed by atoms with E-state index in [9.17, 15) is 14.4 Å². The molecule has 0 aliphatic carbocycles. The SMILES string of the molecule is CCOC(=O)c1nc(C)n(CC(=O)c2ccc(-c3ccccc3)cc2)c(=O)c1OCc1ccccc1. The summed E-state index contributed by atoms with van der Waals surface area (Å²) in [7, 11) is 0. The highest BCUT2D eigenvalue weighted by Crippen LogP contribution is 2.20. The van der Waals surface area contributed by atoms with E-state index in [-0.39, 0.29) is 42.8 Å². The molecular formula is C29H26N2O5. The van der Waals surface area contributed by atoms with Gasteiger partial charge in [0, 0.05) is 5.56 Å². The molecule has 1 aromatic heterocycles. The van der Waals surface area contributed by atoms with Crippen molar-refractivity contribution in [2.75, 3.05) is 6.61 Å². The molecule has 4 aromatic rings. The van der Waals surface area contributed by atoms with E-state index >= 15 is 0 Å². The maximum atomic E-state index is 13.4. The maximum Gasteiger partial charge on any atom is 0.361 e. The minimum Gasteiger partial charge on any atom is -0.481 e. The Labute approximate surface area is 209 Å². The monoisotopic (exact) mass is 482 g/mol. The lowest BCUT2D eigenvalue weighted by Crippen LogP contribution is -2.31. The standard InChI is InChI=1S/C29H26N2O5/c1-3-35-29(34)26-27(36-19-21-10-6-4-7-11-21)28(33)31(20(2)30-26)18-25(32)24-16-14-23(15-17-24)22-12-8-5-9-13-22/h4-17H,3,18-19H2,1-2H3. The molecule has 0 spiro atoms. The average molecular weight is 483 g/mol. The summed E-state index contributed by atoms with van der Waals surface area (Å²) in [5.74, 6) is -1.05. The summed E-state index contributed by atoms with van der Waals surface area (Å²) < 4.78 is 12.1. The summed E-state index contributed by atoms with van der Waals surface area (Å²) in [6, 6.07) is 26.3. The number of rotatable bonds is 9. The van der Waals surface area contributed by atoms with E-state index < -0.39 is 11.5 Å². The zero-order valence-electron chi connectivity index (χ0n) is 20.1. The summed E-state index contributed by atoms with van der Waals surface area (Å²) in [6.07, 6.45) is 0. The molecule has 0 saturated carbocycles. The van der Waals surface area contributed by atoms with Crippen LogP contribution in [0.2, 0.25) is 0 Å². The summed E-state index contributed by atoms with van der Waals surface area (Å²) in [6.45, 7) is 3.17. The predicted molar refractivity (Wildman–Crippen MR) is 136 cm³/mol. The summed E-state index contributed by atoms with van der Waals surface area (Å²) in [4.78, 5) is 43.2. The van der Waals surface area contributed by atoms with E-state index in [0.29, 0.717) is 5.56 Å². The van der Waals surface area contributed by atoms with Crippen LogP contribution in [0.1, 0.15) is 39.2 Å². The van der Waals surface area contributed by atoms with Crippen molar-refractivity contribution < 1.29 is 19.1 Å². The lowest BCUT2D eigenvalue weighted by molar-refractivity contribution is 0.0512. The third-order valence-electron chi connectivity index (χ3n) is 5.63. The van der Waals surface area contributed by atoms with Gasteiger partial charge in [0.2, 0.25) is 5.75 Å². The fourth-order valence-electron chi connectivity index (χ4n) is 3.74. The topological polar surface area (TPSA) is 87.5 Å². The van der Waals surface area contributed by atoms with Gasteiger partial charge in [-0.25, -0.2) is 9.78 Å². The molecule has 36 heavy (non-hydrogen) atoms. The number of hydrogen-bond donors (Lipinski definition) is 0. The van der Waals surface area contributed by atoms with Crippen molar-refractivity contribution in [1.82, 2.24) is 9.55 Å². The minimum absolute atomic E-state index is 0.0577. The number of aryl methyl sites for hydroxylation is 1. The molecule has 3 aromatic carbocycles. The number of ether oxygens (including phenoxy) is 2. The van der Waals surface area contributed by atoms with E-state index in [1.807, 2.05) is 72.8 Å². The van der Waals surface area contributed by atoms with Crippen LogP contribution in [-0.4, -0.2) is 27.9 Å². The van der Waals surface area contributed by atoms with Crippen LogP contribution in [0.25, 0.3) is 11.1 Å². The van der Waals surface area contributed by atoms with Crippen molar-refractivity contribution in [3.8, 4) is 16.9 Å². The molecule has 0 saturated heterocycles. The maximum absolute atomic E-state index is 13.4. The number of ketones is 1. The van der Waals surface area contributed by atoms with Gasteiger partial charge in [0.05, 0.1) is 13.2 Å². The van der Waals surface area contributed by atoms with Crippen molar-refractivity contribution >= 4 is 11.8 Å². The van der Waals surface area contributed by atoms with E-state index in [4.69, 9.17) is 9.47 Å². The van der Waals surface area contributed by atoms with E-state index in [1.165, 1.54) is 4.57 Å². The molecule has 1 heterocycles. The molecule has 7 nitrogen and oxygen atoms in total. The van der Waals surface area contributed by atoms with Gasteiger partial charge < -0.3 is 9.47 Å². The predicted octanol–water partition coefficient (Wildman–Crippen LogP) is 4.86. The largest absolute Gasteiger partial charge is 0.481 e. The van der Waals surface area contributed by atoms with Gasteiger partial charge in [-0.05, 0) is 30.5 Å². The zero-order chi connectivity index (χ0) is 25.5. The molecule has 0 N–H and O–H groups in total. The molecule has 0 aliphatic heterocycles.